The fraction of sp³-hybridized carbons (Fsp3) is 0.111. The SMILES string of the molecule is Cc1cc(C(=O)Nc2cccc(CO)c2)c2ccc(F)cc2n1. The number of aryl methyl sites for hydroxylation is 1. The zero-order chi connectivity index (χ0) is 16.4. The Morgan fingerprint density at radius 1 is 1.22 bits per heavy atom. The molecule has 23 heavy (non-hydrogen) atoms. The van der Waals surface area contributed by atoms with E-state index in [1.165, 1.54) is 12.1 Å². The van der Waals surface area contributed by atoms with Crippen LogP contribution in [0.15, 0.2) is 48.5 Å². The number of nitrogens with one attached hydrogen (secondary N) is 1. The Bertz CT molecular complexity index is 888. The second-order valence-electron chi connectivity index (χ2n) is 5.29. The number of hydrogen-bond donors (Lipinski definition) is 2. The van der Waals surface area contributed by atoms with Gasteiger partial charge in [-0.15, -0.1) is 0 Å². The number of carbonyl (C=O) groups is 1. The van der Waals surface area contributed by atoms with Gasteiger partial charge in [-0.2, -0.15) is 0 Å². The van der Waals surface area contributed by atoms with E-state index >= 15 is 0 Å². The van der Waals surface area contributed by atoms with E-state index < -0.39 is 5.82 Å². The number of anilines is 1. The Morgan fingerprint density at radius 2 is 2.04 bits per heavy atom. The Labute approximate surface area is 132 Å². The van der Waals surface area contributed by atoms with Crippen molar-refractivity contribution in [2.24, 2.45) is 0 Å². The molecule has 0 aliphatic carbocycles. The highest BCUT2D eigenvalue weighted by molar-refractivity contribution is 6.12. The van der Waals surface area contributed by atoms with Crippen molar-refractivity contribution in [3.63, 3.8) is 0 Å². The predicted molar refractivity (Wildman–Crippen MR) is 86.8 cm³/mol. The van der Waals surface area contributed by atoms with Gasteiger partial charge in [-0.05, 0) is 42.8 Å². The van der Waals surface area contributed by atoms with Crippen molar-refractivity contribution < 1.29 is 14.3 Å². The quantitative estimate of drug-likeness (QED) is 0.779. The maximum absolute atomic E-state index is 13.4. The van der Waals surface area contributed by atoms with Crippen LogP contribution in [-0.4, -0.2) is 16.0 Å². The fourth-order valence-electron chi connectivity index (χ4n) is 2.47. The van der Waals surface area contributed by atoms with Crippen molar-refractivity contribution in [3.8, 4) is 0 Å². The second kappa shape index (κ2) is 6.14. The van der Waals surface area contributed by atoms with E-state index in [0.717, 1.165) is 0 Å². The minimum absolute atomic E-state index is 0.0969. The number of pyridine rings is 1. The van der Waals surface area contributed by atoms with Gasteiger partial charge in [-0.3, -0.25) is 9.78 Å². The van der Waals surface area contributed by atoms with E-state index in [1.54, 1.807) is 43.3 Å². The Kier molecular flexibility index (Phi) is 4.04. The van der Waals surface area contributed by atoms with E-state index in [-0.39, 0.29) is 12.5 Å². The zero-order valence-electron chi connectivity index (χ0n) is 12.5. The molecule has 0 aliphatic rings. The van der Waals surface area contributed by atoms with Crippen LogP contribution in [0.1, 0.15) is 21.6 Å². The summed E-state index contributed by atoms with van der Waals surface area (Å²) in [5.74, 6) is -0.695. The van der Waals surface area contributed by atoms with Crippen molar-refractivity contribution in [3.05, 3.63) is 71.2 Å². The molecule has 3 rings (SSSR count). The van der Waals surface area contributed by atoms with Crippen molar-refractivity contribution >= 4 is 22.5 Å². The smallest absolute Gasteiger partial charge is 0.256 e. The molecule has 1 amide bonds. The lowest BCUT2D eigenvalue weighted by Crippen LogP contribution is -2.13. The average molecular weight is 310 g/mol. The van der Waals surface area contributed by atoms with Gasteiger partial charge in [0.1, 0.15) is 5.82 Å². The monoisotopic (exact) mass is 310 g/mol. The van der Waals surface area contributed by atoms with E-state index in [9.17, 15) is 9.18 Å². The number of aliphatic hydroxyl groups excluding tert-OH is 1. The molecule has 2 N–H and O–H groups in total. The summed E-state index contributed by atoms with van der Waals surface area (Å²) < 4.78 is 13.4. The van der Waals surface area contributed by atoms with Gasteiger partial charge in [-0.1, -0.05) is 12.1 Å². The van der Waals surface area contributed by atoms with Gasteiger partial charge in [0.05, 0.1) is 17.7 Å². The van der Waals surface area contributed by atoms with Gasteiger partial charge in [0.2, 0.25) is 0 Å². The molecule has 0 unspecified atom stereocenters. The lowest BCUT2D eigenvalue weighted by molar-refractivity contribution is 0.102. The number of amides is 1. The summed E-state index contributed by atoms with van der Waals surface area (Å²) in [4.78, 5) is 16.8. The maximum atomic E-state index is 13.4. The normalized spacial score (nSPS) is 10.7. The maximum Gasteiger partial charge on any atom is 0.256 e. The molecule has 4 nitrogen and oxygen atoms in total. The number of rotatable bonds is 3. The first-order valence-corrected chi connectivity index (χ1v) is 7.15. The number of benzene rings is 2. The third-order valence-electron chi connectivity index (χ3n) is 3.51. The number of halogens is 1. The Morgan fingerprint density at radius 3 is 2.83 bits per heavy atom. The minimum Gasteiger partial charge on any atom is -0.392 e. The Hall–Kier alpha value is -2.79. The van der Waals surface area contributed by atoms with E-state index in [0.29, 0.717) is 33.4 Å². The van der Waals surface area contributed by atoms with Crippen LogP contribution in [0.2, 0.25) is 0 Å². The first-order chi connectivity index (χ1) is 11.1. The highest BCUT2D eigenvalue weighted by Crippen LogP contribution is 2.21. The molecule has 0 saturated carbocycles. The molecular formula is C18H15FN2O2. The molecule has 0 radical (unpaired) electrons. The third kappa shape index (κ3) is 3.19. The topological polar surface area (TPSA) is 62.2 Å². The summed E-state index contributed by atoms with van der Waals surface area (Å²) in [6, 6.07) is 12.8. The molecule has 0 saturated heterocycles. The number of carbonyl (C=O) groups excluding carboxylic acids is 1. The van der Waals surface area contributed by atoms with E-state index in [1.807, 2.05) is 0 Å². The molecule has 116 valence electrons. The lowest BCUT2D eigenvalue weighted by atomic mass is 10.1. The molecule has 0 bridgehead atoms. The Balaban J connectivity index is 2.00. The van der Waals surface area contributed by atoms with Crippen LogP contribution in [0.3, 0.4) is 0 Å². The fourth-order valence-corrected chi connectivity index (χ4v) is 2.47. The molecule has 0 spiro atoms. The standard InChI is InChI=1S/C18H15FN2O2/c1-11-7-16(15-6-5-13(19)9-17(15)20-11)18(23)21-14-4-2-3-12(8-14)10-22/h2-9,22H,10H2,1H3,(H,21,23). The number of aliphatic hydroxyl groups is 1. The van der Waals surface area contributed by atoms with E-state index in [2.05, 4.69) is 10.3 Å². The van der Waals surface area contributed by atoms with Crippen LogP contribution in [-0.2, 0) is 6.61 Å². The highest BCUT2D eigenvalue weighted by atomic mass is 19.1. The number of hydrogen-bond acceptors (Lipinski definition) is 3. The van der Waals surface area contributed by atoms with Crippen molar-refractivity contribution in [1.29, 1.82) is 0 Å². The van der Waals surface area contributed by atoms with Crippen LogP contribution in [0.4, 0.5) is 10.1 Å². The van der Waals surface area contributed by atoms with Crippen molar-refractivity contribution in [2.45, 2.75) is 13.5 Å². The number of nitrogens with zero attached hydrogens (tertiary/aromatic N) is 1. The largest absolute Gasteiger partial charge is 0.392 e. The van der Waals surface area contributed by atoms with Crippen LogP contribution >= 0.6 is 0 Å². The predicted octanol–water partition coefficient (Wildman–Crippen LogP) is 3.43. The molecule has 3 aromatic rings. The molecule has 1 heterocycles. The molecule has 5 heteroatoms. The van der Waals surface area contributed by atoms with Crippen LogP contribution < -0.4 is 5.32 Å². The summed E-state index contributed by atoms with van der Waals surface area (Å²) in [7, 11) is 0. The lowest BCUT2D eigenvalue weighted by Gasteiger charge is -2.10. The number of aromatic nitrogens is 1. The number of fused-ring (bicyclic) bond motifs is 1. The van der Waals surface area contributed by atoms with Gasteiger partial charge in [0.15, 0.2) is 0 Å². The summed E-state index contributed by atoms with van der Waals surface area (Å²) in [5.41, 5.74) is 2.81. The molecular weight excluding hydrogens is 295 g/mol. The molecule has 0 aliphatic heterocycles. The molecule has 2 aromatic carbocycles. The molecule has 0 atom stereocenters. The van der Waals surface area contributed by atoms with Gasteiger partial charge < -0.3 is 10.4 Å². The first-order valence-electron chi connectivity index (χ1n) is 7.15. The summed E-state index contributed by atoms with van der Waals surface area (Å²) in [6.07, 6.45) is 0. The highest BCUT2D eigenvalue weighted by Gasteiger charge is 2.13. The average Bonchev–Trinajstić information content (AvgIpc) is 2.53. The molecule has 0 fully saturated rings. The van der Waals surface area contributed by atoms with Crippen LogP contribution in [0.25, 0.3) is 10.9 Å². The summed E-state index contributed by atoms with van der Waals surface area (Å²) >= 11 is 0. The first kappa shape index (κ1) is 15.1. The van der Waals surface area contributed by atoms with E-state index in [4.69, 9.17) is 5.11 Å². The van der Waals surface area contributed by atoms with Crippen LogP contribution in [0.5, 0.6) is 0 Å². The van der Waals surface area contributed by atoms with Gasteiger partial charge in [0, 0.05) is 22.8 Å². The molecule has 1 aromatic heterocycles. The zero-order valence-corrected chi connectivity index (χ0v) is 12.5. The van der Waals surface area contributed by atoms with Gasteiger partial charge >= 0.3 is 0 Å². The summed E-state index contributed by atoms with van der Waals surface area (Å²) in [5, 5.41) is 12.5. The second-order valence-corrected chi connectivity index (χ2v) is 5.29. The van der Waals surface area contributed by atoms with Crippen molar-refractivity contribution in [2.75, 3.05) is 5.32 Å². The van der Waals surface area contributed by atoms with Gasteiger partial charge in [-0.25, -0.2) is 4.39 Å². The van der Waals surface area contributed by atoms with Gasteiger partial charge in [0.25, 0.3) is 5.91 Å². The van der Waals surface area contributed by atoms with Crippen LogP contribution in [0, 0.1) is 12.7 Å². The third-order valence-corrected chi connectivity index (χ3v) is 3.51. The minimum atomic E-state index is -0.391. The summed E-state index contributed by atoms with van der Waals surface area (Å²) in [6.45, 7) is 1.66. The van der Waals surface area contributed by atoms with Crippen molar-refractivity contribution in [1.82, 2.24) is 4.98 Å².